The summed E-state index contributed by atoms with van der Waals surface area (Å²) in [7, 11) is 2.96. The normalized spacial score (nSPS) is 17.4. The van der Waals surface area contributed by atoms with Gasteiger partial charge in [-0.05, 0) is 61.9 Å². The maximum Gasteiger partial charge on any atom is 0.302 e. The third-order valence-electron chi connectivity index (χ3n) is 5.99. The Labute approximate surface area is 200 Å². The lowest BCUT2D eigenvalue weighted by atomic mass is 9.99. The van der Waals surface area contributed by atoms with Gasteiger partial charge < -0.3 is 24.0 Å². The minimum atomic E-state index is -1.03. The van der Waals surface area contributed by atoms with Crippen LogP contribution < -0.4 is 14.4 Å². The largest absolute Gasteiger partial charge is 0.507 e. The van der Waals surface area contributed by atoms with Crippen molar-refractivity contribution < 1.29 is 28.6 Å². The summed E-state index contributed by atoms with van der Waals surface area (Å²) in [6, 6.07) is 12.7. The van der Waals surface area contributed by atoms with Crippen LogP contribution in [-0.4, -0.2) is 41.0 Å². The number of hydrogen-bond donors (Lipinski definition) is 2. The first-order valence-electron chi connectivity index (χ1n) is 10.9. The molecule has 3 heterocycles. The number of H-pyrrole nitrogens is 1. The van der Waals surface area contributed by atoms with E-state index in [0.29, 0.717) is 28.5 Å². The van der Waals surface area contributed by atoms with Crippen LogP contribution in [0.1, 0.15) is 28.7 Å². The Balaban J connectivity index is 1.71. The molecule has 1 aliphatic rings. The quantitative estimate of drug-likeness (QED) is 0.250. The number of hydrogen-bond acceptors (Lipinski definition) is 7. The molecular weight excluding hydrogens is 450 g/mol. The second-order valence-corrected chi connectivity index (χ2v) is 8.27. The predicted octanol–water partition coefficient (Wildman–Crippen LogP) is 4.42. The molecule has 35 heavy (non-hydrogen) atoms. The molecule has 2 N–H and O–H groups in total. The number of ether oxygens (including phenoxy) is 2. The zero-order chi connectivity index (χ0) is 24.9. The minimum Gasteiger partial charge on any atom is -0.507 e. The van der Waals surface area contributed by atoms with Crippen molar-refractivity contribution in [3.63, 3.8) is 0 Å². The number of aromatic nitrogens is 2. The highest BCUT2D eigenvalue weighted by Crippen LogP contribution is 2.43. The molecule has 178 valence electrons. The Kier molecular flexibility index (Phi) is 5.32. The van der Waals surface area contributed by atoms with Crippen molar-refractivity contribution >= 4 is 34.4 Å². The number of fused-ring (bicyclic) bond motifs is 1. The van der Waals surface area contributed by atoms with Crippen LogP contribution in [0.15, 0.2) is 58.5 Å². The van der Waals surface area contributed by atoms with E-state index in [1.807, 2.05) is 25.1 Å². The fraction of sp³-hybridized carbons (Fsp3) is 0.192. The van der Waals surface area contributed by atoms with Gasteiger partial charge in [0.1, 0.15) is 23.3 Å². The van der Waals surface area contributed by atoms with E-state index in [1.165, 1.54) is 25.2 Å². The van der Waals surface area contributed by atoms with Crippen LogP contribution in [0.25, 0.3) is 16.8 Å². The molecule has 5 rings (SSSR count). The van der Waals surface area contributed by atoms with Crippen LogP contribution in [-0.2, 0) is 9.59 Å². The molecule has 2 aromatic carbocycles. The number of aliphatic hydroxyl groups is 1. The highest BCUT2D eigenvalue weighted by Gasteiger charge is 2.49. The molecule has 0 aliphatic carbocycles. The summed E-state index contributed by atoms with van der Waals surface area (Å²) in [5.41, 5.74) is 2.54. The summed E-state index contributed by atoms with van der Waals surface area (Å²) >= 11 is 0. The van der Waals surface area contributed by atoms with Crippen molar-refractivity contribution in [1.82, 2.24) is 9.97 Å². The third kappa shape index (κ3) is 3.61. The van der Waals surface area contributed by atoms with Gasteiger partial charge in [-0.3, -0.25) is 14.5 Å². The summed E-state index contributed by atoms with van der Waals surface area (Å²) in [6.07, 6.45) is 0. The Morgan fingerprint density at radius 1 is 1.03 bits per heavy atom. The minimum absolute atomic E-state index is 0.117. The number of rotatable bonds is 5. The number of benzene rings is 2. The van der Waals surface area contributed by atoms with E-state index in [1.54, 1.807) is 31.2 Å². The second-order valence-electron chi connectivity index (χ2n) is 8.27. The van der Waals surface area contributed by atoms with Gasteiger partial charge in [0, 0.05) is 5.56 Å². The highest BCUT2D eigenvalue weighted by atomic mass is 16.5. The van der Waals surface area contributed by atoms with Crippen molar-refractivity contribution in [2.45, 2.75) is 19.9 Å². The number of aliphatic hydroxyl groups excluding tert-OH is 1. The molecule has 0 radical (unpaired) electrons. The molecule has 0 saturated carbocycles. The van der Waals surface area contributed by atoms with Crippen LogP contribution in [0.4, 0.5) is 5.95 Å². The van der Waals surface area contributed by atoms with Gasteiger partial charge in [-0.25, -0.2) is 4.98 Å². The van der Waals surface area contributed by atoms with Gasteiger partial charge in [0.15, 0.2) is 11.5 Å². The molecule has 0 bridgehead atoms. The van der Waals surface area contributed by atoms with Crippen molar-refractivity contribution in [3.05, 3.63) is 76.8 Å². The van der Waals surface area contributed by atoms with Crippen LogP contribution >= 0.6 is 0 Å². The number of anilines is 1. The lowest BCUT2D eigenvalue weighted by molar-refractivity contribution is -0.132. The predicted molar refractivity (Wildman–Crippen MR) is 129 cm³/mol. The van der Waals surface area contributed by atoms with Crippen molar-refractivity contribution in [1.29, 1.82) is 0 Å². The van der Waals surface area contributed by atoms with Crippen LogP contribution in [0.5, 0.6) is 11.5 Å². The number of furan rings is 1. The van der Waals surface area contributed by atoms with Gasteiger partial charge in [0.2, 0.25) is 5.95 Å². The number of amides is 1. The second kappa shape index (κ2) is 8.35. The number of Topliss-reactive ketones (excluding diaryl/α,β-unsaturated/α-hetero) is 1. The highest BCUT2D eigenvalue weighted by molar-refractivity contribution is 6.51. The van der Waals surface area contributed by atoms with Gasteiger partial charge >= 0.3 is 5.91 Å². The van der Waals surface area contributed by atoms with Crippen molar-refractivity contribution in [3.8, 4) is 11.5 Å². The zero-order valence-corrected chi connectivity index (χ0v) is 19.6. The topological polar surface area (TPSA) is 118 Å². The molecule has 4 aromatic rings. The van der Waals surface area contributed by atoms with Gasteiger partial charge in [-0.2, -0.15) is 0 Å². The smallest absolute Gasteiger partial charge is 0.302 e. The molecule has 2 aromatic heterocycles. The zero-order valence-electron chi connectivity index (χ0n) is 19.6. The van der Waals surface area contributed by atoms with Gasteiger partial charge in [-0.1, -0.05) is 6.07 Å². The molecule has 9 heteroatoms. The lowest BCUT2D eigenvalue weighted by Gasteiger charge is -2.20. The molecule has 1 fully saturated rings. The maximum absolute atomic E-state index is 13.3. The Bertz CT molecular complexity index is 1510. The van der Waals surface area contributed by atoms with E-state index in [9.17, 15) is 14.7 Å². The van der Waals surface area contributed by atoms with Gasteiger partial charge in [0.05, 0.1) is 30.8 Å². The first kappa shape index (κ1) is 22.3. The first-order valence-corrected chi connectivity index (χ1v) is 10.9. The Morgan fingerprint density at radius 2 is 1.80 bits per heavy atom. The Morgan fingerprint density at radius 3 is 2.49 bits per heavy atom. The average molecular weight is 473 g/mol. The third-order valence-corrected chi connectivity index (χ3v) is 5.99. The summed E-state index contributed by atoms with van der Waals surface area (Å²) < 4.78 is 16.4. The van der Waals surface area contributed by atoms with E-state index in [2.05, 4.69) is 9.97 Å². The summed E-state index contributed by atoms with van der Waals surface area (Å²) in [4.78, 5) is 35.5. The average Bonchev–Trinajstić information content (AvgIpc) is 3.53. The number of nitrogens with zero attached hydrogens (tertiary/aromatic N) is 2. The van der Waals surface area contributed by atoms with Crippen molar-refractivity contribution in [2.24, 2.45) is 0 Å². The molecule has 9 nitrogen and oxygen atoms in total. The van der Waals surface area contributed by atoms with Crippen molar-refractivity contribution in [2.75, 3.05) is 19.1 Å². The lowest BCUT2D eigenvalue weighted by Crippen LogP contribution is -2.30. The maximum atomic E-state index is 13.3. The number of aromatic amines is 1. The molecule has 1 amide bonds. The number of carbonyl (C=O) groups excluding carboxylic acids is 2. The fourth-order valence-electron chi connectivity index (χ4n) is 4.28. The monoisotopic (exact) mass is 473 g/mol. The van der Waals surface area contributed by atoms with E-state index >= 15 is 0 Å². The fourth-order valence-corrected chi connectivity index (χ4v) is 4.28. The first-order chi connectivity index (χ1) is 16.8. The van der Waals surface area contributed by atoms with E-state index in [-0.39, 0.29) is 22.8 Å². The number of nitrogens with one attached hydrogen (secondary N) is 1. The molecule has 1 aliphatic heterocycles. The summed E-state index contributed by atoms with van der Waals surface area (Å²) in [5.74, 6) is -0.132. The number of ketones is 1. The van der Waals surface area contributed by atoms with E-state index in [4.69, 9.17) is 13.9 Å². The summed E-state index contributed by atoms with van der Waals surface area (Å²) in [6.45, 7) is 3.70. The van der Waals surface area contributed by atoms with Crippen LogP contribution in [0, 0.1) is 13.8 Å². The molecular formula is C26H23N3O6. The number of carbonyl (C=O) groups is 2. The van der Waals surface area contributed by atoms with Crippen LogP contribution in [0.2, 0.25) is 0 Å². The molecule has 1 atom stereocenters. The van der Waals surface area contributed by atoms with E-state index in [0.717, 1.165) is 11.1 Å². The molecule has 1 unspecified atom stereocenters. The number of methoxy groups -OCH3 is 2. The van der Waals surface area contributed by atoms with E-state index < -0.39 is 17.7 Å². The molecule has 1 saturated heterocycles. The van der Waals surface area contributed by atoms with Crippen LogP contribution in [0.3, 0.4) is 0 Å². The van der Waals surface area contributed by atoms with Gasteiger partial charge in [-0.15, -0.1) is 0 Å². The number of aryl methyl sites for hydroxylation is 2. The standard InChI is InChI=1S/C26H23N3O6/c1-13-5-8-16-17(11-13)28-26(27-16)29-22(19-9-6-14(2)35-19)21(24(31)25(29)32)23(30)15-7-10-18(33-3)20(12-15)34-4/h5-12,22,30H,1-4H3,(H,27,28)/b23-21+. The summed E-state index contributed by atoms with van der Waals surface area (Å²) in [5, 5.41) is 11.3. The Hall–Kier alpha value is -4.53. The molecule has 0 spiro atoms. The number of imidazole rings is 1. The SMILES string of the molecule is COc1ccc(/C(O)=C2\C(=O)C(=O)N(c3nc4ccc(C)cc4[nH]3)C2c2ccc(C)o2)cc1OC. The van der Waals surface area contributed by atoms with Gasteiger partial charge in [0.25, 0.3) is 5.78 Å².